The van der Waals surface area contributed by atoms with Crippen molar-refractivity contribution in [2.45, 2.75) is 6.92 Å². The zero-order valence-corrected chi connectivity index (χ0v) is 23.5. The Morgan fingerprint density at radius 3 is 2.51 bits per heavy atom. The first kappa shape index (κ1) is 30.7. The number of nitrogens with one attached hydrogen (secondary N) is 1. The van der Waals surface area contributed by atoms with Gasteiger partial charge in [0.2, 0.25) is 11.7 Å². The average Bonchev–Trinajstić information content (AvgIpc) is 3.21. The average molecular weight is 627 g/mol. The van der Waals surface area contributed by atoms with Gasteiger partial charge in [-0.1, -0.05) is 23.7 Å². The summed E-state index contributed by atoms with van der Waals surface area (Å²) in [4.78, 5) is 71.7. The SMILES string of the molecule is CCOC(=O)c1cc(NC(=O)CN2C(=O)S/C(=C/c3cccc(Oc4ccc([N+](=O)[O-])cc4[N+](=O)[O-])c3)C2=O)ccc1Cl. The van der Waals surface area contributed by atoms with Crippen molar-refractivity contribution in [3.63, 3.8) is 0 Å². The summed E-state index contributed by atoms with van der Waals surface area (Å²) in [6.45, 7) is 1.15. The molecule has 1 fully saturated rings. The number of thioether (sulfide) groups is 1. The quantitative estimate of drug-likeness (QED) is 0.124. The standard InChI is InChI=1S/C27H19ClN4O10S/c1-2-41-26(35)19-12-16(6-8-20(19)28)29-24(33)14-30-25(34)23(43-27(30)36)11-15-4-3-5-18(10-15)42-22-9-7-17(31(37)38)13-21(22)32(39)40/h3-13H,2,14H2,1H3,(H,29,33)/b23-11+. The number of carbonyl (C=O) groups excluding carboxylic acids is 4. The van der Waals surface area contributed by atoms with Crippen molar-refractivity contribution >= 4 is 69.5 Å². The van der Waals surface area contributed by atoms with Gasteiger partial charge in [-0.15, -0.1) is 0 Å². The van der Waals surface area contributed by atoms with Gasteiger partial charge in [0.05, 0.1) is 38.0 Å². The highest BCUT2D eigenvalue weighted by molar-refractivity contribution is 8.18. The zero-order valence-electron chi connectivity index (χ0n) is 22.0. The molecule has 3 aromatic carbocycles. The summed E-state index contributed by atoms with van der Waals surface area (Å²) in [5, 5.41) is 24.3. The van der Waals surface area contributed by atoms with Gasteiger partial charge in [-0.05, 0) is 66.7 Å². The number of benzene rings is 3. The van der Waals surface area contributed by atoms with Gasteiger partial charge in [-0.3, -0.25) is 39.5 Å². The van der Waals surface area contributed by atoms with Crippen molar-refractivity contribution < 1.29 is 38.5 Å². The summed E-state index contributed by atoms with van der Waals surface area (Å²) in [6, 6.07) is 13.1. The molecule has 16 heteroatoms. The zero-order chi connectivity index (χ0) is 31.3. The maximum Gasteiger partial charge on any atom is 0.339 e. The van der Waals surface area contributed by atoms with E-state index in [0.29, 0.717) is 17.3 Å². The number of non-ortho nitro benzene ring substituents is 1. The number of hydrogen-bond acceptors (Lipinski definition) is 11. The summed E-state index contributed by atoms with van der Waals surface area (Å²) in [6.07, 6.45) is 1.38. The molecular weight excluding hydrogens is 608 g/mol. The summed E-state index contributed by atoms with van der Waals surface area (Å²) in [5.74, 6) is -2.24. The van der Waals surface area contributed by atoms with Crippen LogP contribution < -0.4 is 10.1 Å². The van der Waals surface area contributed by atoms with E-state index < -0.39 is 50.8 Å². The smallest absolute Gasteiger partial charge is 0.339 e. The van der Waals surface area contributed by atoms with E-state index in [-0.39, 0.29) is 39.3 Å². The first-order chi connectivity index (χ1) is 20.5. The Bertz CT molecular complexity index is 1710. The van der Waals surface area contributed by atoms with Crippen LogP contribution >= 0.6 is 23.4 Å². The van der Waals surface area contributed by atoms with E-state index in [1.165, 1.54) is 42.5 Å². The van der Waals surface area contributed by atoms with Crippen molar-refractivity contribution in [2.24, 2.45) is 0 Å². The van der Waals surface area contributed by atoms with Crippen LogP contribution in [0, 0.1) is 20.2 Å². The minimum absolute atomic E-state index is 0.00681. The second-order valence-electron chi connectivity index (χ2n) is 8.57. The topological polar surface area (TPSA) is 188 Å². The van der Waals surface area contributed by atoms with Crippen molar-refractivity contribution in [3.05, 3.63) is 102 Å². The number of imide groups is 1. The van der Waals surface area contributed by atoms with Crippen molar-refractivity contribution in [3.8, 4) is 11.5 Å². The van der Waals surface area contributed by atoms with Crippen LogP contribution in [0.4, 0.5) is 21.9 Å². The molecule has 0 aromatic heterocycles. The number of nitro groups is 2. The summed E-state index contributed by atoms with van der Waals surface area (Å²) < 4.78 is 10.5. The molecule has 0 bridgehead atoms. The largest absolute Gasteiger partial charge is 0.462 e. The molecule has 43 heavy (non-hydrogen) atoms. The van der Waals surface area contributed by atoms with Gasteiger partial charge in [0.15, 0.2) is 0 Å². The third-order valence-electron chi connectivity index (χ3n) is 5.65. The Morgan fingerprint density at radius 1 is 1.05 bits per heavy atom. The molecule has 1 N–H and O–H groups in total. The number of nitrogens with zero attached hydrogens (tertiary/aromatic N) is 3. The molecule has 0 unspecified atom stereocenters. The fraction of sp³-hybridized carbons (Fsp3) is 0.111. The van der Waals surface area contributed by atoms with E-state index in [2.05, 4.69) is 5.32 Å². The maximum absolute atomic E-state index is 12.9. The minimum Gasteiger partial charge on any atom is -0.462 e. The highest BCUT2D eigenvalue weighted by atomic mass is 35.5. The van der Waals surface area contributed by atoms with Crippen LogP contribution in [0.3, 0.4) is 0 Å². The van der Waals surface area contributed by atoms with E-state index in [1.807, 2.05) is 0 Å². The monoisotopic (exact) mass is 626 g/mol. The molecule has 0 radical (unpaired) electrons. The van der Waals surface area contributed by atoms with Gasteiger partial charge in [0, 0.05) is 11.8 Å². The van der Waals surface area contributed by atoms with Gasteiger partial charge in [-0.25, -0.2) is 4.79 Å². The number of rotatable bonds is 10. The predicted molar refractivity (Wildman–Crippen MR) is 155 cm³/mol. The Morgan fingerprint density at radius 2 is 1.81 bits per heavy atom. The number of carbonyl (C=O) groups is 4. The molecule has 1 aliphatic heterocycles. The molecule has 0 saturated carbocycles. The lowest BCUT2D eigenvalue weighted by Gasteiger charge is -2.13. The number of amides is 3. The molecule has 3 aromatic rings. The Kier molecular flexibility index (Phi) is 9.37. The number of esters is 1. The molecular formula is C27H19ClN4O10S. The molecule has 0 atom stereocenters. The lowest BCUT2D eigenvalue weighted by atomic mass is 10.2. The maximum atomic E-state index is 12.9. The Labute approximate surface area is 251 Å². The number of anilines is 1. The van der Waals surface area contributed by atoms with Crippen LogP contribution in [0.25, 0.3) is 6.08 Å². The molecule has 1 heterocycles. The van der Waals surface area contributed by atoms with Gasteiger partial charge >= 0.3 is 11.7 Å². The minimum atomic E-state index is -0.815. The third kappa shape index (κ3) is 7.33. The third-order valence-corrected chi connectivity index (χ3v) is 6.89. The number of hydrogen-bond donors (Lipinski definition) is 1. The molecule has 220 valence electrons. The second-order valence-corrected chi connectivity index (χ2v) is 9.97. The summed E-state index contributed by atoms with van der Waals surface area (Å²) >= 11 is 6.64. The second kappa shape index (κ2) is 13.1. The number of ether oxygens (including phenoxy) is 2. The molecule has 14 nitrogen and oxygen atoms in total. The Hall–Kier alpha value is -5.28. The van der Waals surface area contributed by atoms with E-state index >= 15 is 0 Å². The van der Waals surface area contributed by atoms with E-state index in [4.69, 9.17) is 21.1 Å². The van der Waals surface area contributed by atoms with Crippen molar-refractivity contribution in [1.82, 2.24) is 4.90 Å². The van der Waals surface area contributed by atoms with Gasteiger partial charge in [0.25, 0.3) is 16.8 Å². The van der Waals surface area contributed by atoms with Gasteiger partial charge in [0.1, 0.15) is 12.3 Å². The molecule has 1 aliphatic rings. The Balaban J connectivity index is 1.46. The summed E-state index contributed by atoms with van der Waals surface area (Å²) in [5.41, 5.74) is -0.471. The first-order valence-electron chi connectivity index (χ1n) is 12.2. The molecule has 1 saturated heterocycles. The molecule has 4 rings (SSSR count). The predicted octanol–water partition coefficient (Wildman–Crippen LogP) is 5.80. The van der Waals surface area contributed by atoms with E-state index in [9.17, 15) is 39.4 Å². The van der Waals surface area contributed by atoms with Crippen LogP contribution in [0.1, 0.15) is 22.8 Å². The lowest BCUT2D eigenvalue weighted by Crippen LogP contribution is -2.36. The fourth-order valence-electron chi connectivity index (χ4n) is 3.74. The van der Waals surface area contributed by atoms with Crippen LogP contribution in [0.15, 0.2) is 65.6 Å². The fourth-order valence-corrected chi connectivity index (χ4v) is 4.78. The number of halogens is 1. The molecule has 0 spiro atoms. The molecule has 0 aliphatic carbocycles. The highest BCUT2D eigenvalue weighted by Gasteiger charge is 2.36. The normalized spacial score (nSPS) is 13.6. The van der Waals surface area contributed by atoms with Crippen LogP contribution in [-0.4, -0.2) is 50.9 Å². The first-order valence-corrected chi connectivity index (χ1v) is 13.4. The van der Waals surface area contributed by atoms with E-state index in [1.54, 1.807) is 13.0 Å². The van der Waals surface area contributed by atoms with Crippen molar-refractivity contribution in [2.75, 3.05) is 18.5 Å². The lowest BCUT2D eigenvalue weighted by molar-refractivity contribution is -0.394. The van der Waals surface area contributed by atoms with Crippen LogP contribution in [0.5, 0.6) is 11.5 Å². The molecule has 3 amide bonds. The van der Waals surface area contributed by atoms with E-state index in [0.717, 1.165) is 23.1 Å². The van der Waals surface area contributed by atoms with Gasteiger partial charge in [-0.2, -0.15) is 0 Å². The van der Waals surface area contributed by atoms with Crippen LogP contribution in [0.2, 0.25) is 5.02 Å². The highest BCUT2D eigenvalue weighted by Crippen LogP contribution is 2.36. The number of nitro benzene ring substituents is 2. The van der Waals surface area contributed by atoms with Crippen molar-refractivity contribution in [1.29, 1.82) is 0 Å². The summed E-state index contributed by atoms with van der Waals surface area (Å²) in [7, 11) is 0. The van der Waals surface area contributed by atoms with Gasteiger partial charge < -0.3 is 14.8 Å². The van der Waals surface area contributed by atoms with Crippen LogP contribution in [-0.2, 0) is 14.3 Å².